The quantitative estimate of drug-likeness (QED) is 0.491. The molecule has 0 aromatic heterocycles. The lowest BCUT2D eigenvalue weighted by molar-refractivity contribution is 0.993. The first-order chi connectivity index (χ1) is 3.31. The maximum atomic E-state index is 6.60. The van der Waals surface area contributed by atoms with Crippen molar-refractivity contribution in [3.8, 4) is 0 Å². The van der Waals surface area contributed by atoms with Crippen LogP contribution in [0.3, 0.4) is 0 Å². The van der Waals surface area contributed by atoms with Gasteiger partial charge < -0.3 is 10.7 Å². The lowest BCUT2D eigenvalue weighted by atomic mass is 10.4. The van der Waals surface area contributed by atoms with Crippen LogP contribution in [0, 0.1) is 5.41 Å². The summed E-state index contributed by atoms with van der Waals surface area (Å²) in [6.07, 6.45) is 2.95. The van der Waals surface area contributed by atoms with Gasteiger partial charge in [0.2, 0.25) is 0 Å². The van der Waals surface area contributed by atoms with Crippen LogP contribution in [0.15, 0.2) is 11.8 Å². The van der Waals surface area contributed by atoms with Gasteiger partial charge in [0.05, 0.1) is 0 Å². The molecule has 0 radical (unpaired) electrons. The second-order valence-corrected chi connectivity index (χ2v) is 1.27. The summed E-state index contributed by atoms with van der Waals surface area (Å²) in [5, 5.41) is 9.47. The summed E-state index contributed by atoms with van der Waals surface area (Å²) in [6, 6.07) is 0. The molecule has 0 unspecified atom stereocenters. The van der Waals surface area contributed by atoms with E-state index < -0.39 is 0 Å². The summed E-state index contributed by atoms with van der Waals surface area (Å²) < 4.78 is 0. The minimum Gasteiger partial charge on any atom is -0.392 e. The van der Waals surface area contributed by atoms with Gasteiger partial charge in [0.25, 0.3) is 0 Å². The molecule has 0 aromatic carbocycles. The maximum absolute atomic E-state index is 6.60. The Bertz CT molecular complexity index is 84.1. The van der Waals surface area contributed by atoms with Crippen molar-refractivity contribution in [1.29, 1.82) is 5.41 Å². The molecule has 0 aliphatic rings. The Balaban J connectivity index is 3.49. The first-order valence-electron chi connectivity index (χ1n) is 2.16. The molecule has 0 fully saturated rings. The number of hydrogen-bond donors (Lipinski definition) is 2. The topological polar surface area (TPSA) is 35.9 Å². The average molecular weight is 98.1 g/mol. The van der Waals surface area contributed by atoms with E-state index in [2.05, 4.69) is 5.32 Å². The van der Waals surface area contributed by atoms with Crippen molar-refractivity contribution >= 4 is 6.21 Å². The second kappa shape index (κ2) is 3.40. The molecule has 40 valence electrons. The standard InChI is InChI=1S/C5H10N2/c1-5(7-2)3-4-6/h3-4,6-7H,1-2H3/b5-3+,6-4?. The van der Waals surface area contributed by atoms with Crippen molar-refractivity contribution in [3.63, 3.8) is 0 Å². The third-order valence-electron chi connectivity index (χ3n) is 0.728. The summed E-state index contributed by atoms with van der Waals surface area (Å²) in [4.78, 5) is 0. The molecule has 0 saturated heterocycles. The van der Waals surface area contributed by atoms with Gasteiger partial charge in [0.15, 0.2) is 0 Å². The molecule has 2 N–H and O–H groups in total. The van der Waals surface area contributed by atoms with Crippen molar-refractivity contribution in [3.05, 3.63) is 11.8 Å². The monoisotopic (exact) mass is 98.1 g/mol. The smallest absolute Gasteiger partial charge is 0.0194 e. The highest BCUT2D eigenvalue weighted by Crippen LogP contribution is 1.77. The van der Waals surface area contributed by atoms with Gasteiger partial charge in [-0.15, -0.1) is 0 Å². The first-order valence-corrected chi connectivity index (χ1v) is 2.16. The van der Waals surface area contributed by atoms with Crippen molar-refractivity contribution < 1.29 is 0 Å². The molecule has 0 saturated carbocycles. The second-order valence-electron chi connectivity index (χ2n) is 1.27. The zero-order valence-corrected chi connectivity index (χ0v) is 4.65. The Morgan fingerprint density at radius 3 is 2.43 bits per heavy atom. The van der Waals surface area contributed by atoms with Gasteiger partial charge in [-0.3, -0.25) is 0 Å². The Kier molecular flexibility index (Phi) is 3.02. The van der Waals surface area contributed by atoms with E-state index in [0.717, 1.165) is 5.70 Å². The molecule has 0 heterocycles. The highest BCUT2D eigenvalue weighted by Gasteiger charge is 1.72. The predicted octanol–water partition coefficient (Wildman–Crippen LogP) is 0.759. The zero-order chi connectivity index (χ0) is 5.70. The van der Waals surface area contributed by atoms with Gasteiger partial charge in [0, 0.05) is 19.0 Å². The van der Waals surface area contributed by atoms with E-state index in [9.17, 15) is 0 Å². The van der Waals surface area contributed by atoms with Crippen LogP contribution in [0.5, 0.6) is 0 Å². The maximum Gasteiger partial charge on any atom is 0.0194 e. The van der Waals surface area contributed by atoms with E-state index >= 15 is 0 Å². The molecular weight excluding hydrogens is 88.1 g/mol. The van der Waals surface area contributed by atoms with Crippen LogP contribution >= 0.6 is 0 Å². The highest BCUT2D eigenvalue weighted by atomic mass is 14.8. The molecule has 7 heavy (non-hydrogen) atoms. The fraction of sp³-hybridized carbons (Fsp3) is 0.400. The summed E-state index contributed by atoms with van der Waals surface area (Å²) in [5.41, 5.74) is 1.01. The van der Waals surface area contributed by atoms with Crippen LogP contribution in [0.2, 0.25) is 0 Å². The summed E-state index contributed by atoms with van der Waals surface area (Å²) >= 11 is 0. The molecule has 2 heteroatoms. The Morgan fingerprint density at radius 1 is 1.71 bits per heavy atom. The number of rotatable bonds is 2. The van der Waals surface area contributed by atoms with Crippen LogP contribution in [0.4, 0.5) is 0 Å². The third kappa shape index (κ3) is 3.03. The zero-order valence-electron chi connectivity index (χ0n) is 4.65. The van der Waals surface area contributed by atoms with E-state index in [0.29, 0.717) is 0 Å². The van der Waals surface area contributed by atoms with E-state index in [-0.39, 0.29) is 0 Å². The Labute approximate surface area is 43.7 Å². The molecule has 0 amide bonds. The number of allylic oxidation sites excluding steroid dienone is 2. The van der Waals surface area contributed by atoms with Crippen molar-refractivity contribution in [2.24, 2.45) is 0 Å². The summed E-state index contributed by atoms with van der Waals surface area (Å²) in [5.74, 6) is 0. The van der Waals surface area contributed by atoms with Crippen molar-refractivity contribution in [1.82, 2.24) is 5.32 Å². The van der Waals surface area contributed by atoms with Gasteiger partial charge in [-0.25, -0.2) is 0 Å². The molecule has 0 bridgehead atoms. The largest absolute Gasteiger partial charge is 0.392 e. The van der Waals surface area contributed by atoms with E-state index in [1.54, 1.807) is 6.08 Å². The lowest BCUT2D eigenvalue weighted by Crippen LogP contribution is -2.00. The van der Waals surface area contributed by atoms with Crippen LogP contribution < -0.4 is 5.32 Å². The van der Waals surface area contributed by atoms with Crippen molar-refractivity contribution in [2.75, 3.05) is 7.05 Å². The summed E-state index contributed by atoms with van der Waals surface area (Å²) in [6.45, 7) is 1.91. The van der Waals surface area contributed by atoms with Gasteiger partial charge in [0.1, 0.15) is 0 Å². The average Bonchev–Trinajstić information content (AvgIpc) is 1.68. The highest BCUT2D eigenvalue weighted by molar-refractivity contribution is 5.68. The minimum atomic E-state index is 1.01. The SMILES string of the molecule is CN/C(C)=C/C=N. The van der Waals surface area contributed by atoms with Gasteiger partial charge in [-0.1, -0.05) is 0 Å². The number of nitrogens with one attached hydrogen (secondary N) is 2. The van der Waals surface area contributed by atoms with Gasteiger partial charge in [-0.05, 0) is 13.0 Å². The molecule has 0 aliphatic heterocycles. The summed E-state index contributed by atoms with van der Waals surface area (Å²) in [7, 11) is 1.83. The first kappa shape index (κ1) is 6.21. The van der Waals surface area contributed by atoms with E-state index in [1.807, 2.05) is 14.0 Å². The fourth-order valence-corrected chi connectivity index (χ4v) is 0.208. The minimum absolute atomic E-state index is 1.01. The van der Waals surface area contributed by atoms with Gasteiger partial charge >= 0.3 is 0 Å². The molecule has 0 aromatic rings. The predicted molar refractivity (Wildman–Crippen MR) is 31.6 cm³/mol. The Hall–Kier alpha value is -0.790. The molecule has 0 rings (SSSR count). The molecular formula is C5H10N2. The van der Waals surface area contributed by atoms with Crippen LogP contribution in [-0.2, 0) is 0 Å². The van der Waals surface area contributed by atoms with Crippen LogP contribution in [0.1, 0.15) is 6.92 Å². The van der Waals surface area contributed by atoms with Gasteiger partial charge in [-0.2, -0.15) is 0 Å². The molecule has 2 nitrogen and oxygen atoms in total. The molecule has 0 spiro atoms. The van der Waals surface area contributed by atoms with Crippen LogP contribution in [0.25, 0.3) is 0 Å². The molecule has 0 aliphatic carbocycles. The lowest BCUT2D eigenvalue weighted by Gasteiger charge is -1.91. The fourth-order valence-electron chi connectivity index (χ4n) is 0.208. The number of hydrogen-bond acceptors (Lipinski definition) is 2. The normalized spacial score (nSPS) is 10.9. The third-order valence-corrected chi connectivity index (χ3v) is 0.728. The molecule has 0 atom stereocenters. The van der Waals surface area contributed by atoms with E-state index in [4.69, 9.17) is 5.41 Å². The van der Waals surface area contributed by atoms with Crippen LogP contribution in [-0.4, -0.2) is 13.3 Å². The van der Waals surface area contributed by atoms with Crippen molar-refractivity contribution in [2.45, 2.75) is 6.92 Å². The van der Waals surface area contributed by atoms with E-state index in [1.165, 1.54) is 6.21 Å². The Morgan fingerprint density at radius 2 is 2.29 bits per heavy atom.